The lowest BCUT2D eigenvalue weighted by Crippen LogP contribution is -2.36. The highest BCUT2D eigenvalue weighted by molar-refractivity contribution is 7.71. The largest absolute Gasteiger partial charge is 0.352 e. The summed E-state index contributed by atoms with van der Waals surface area (Å²) in [4.78, 5) is 5.87. The summed E-state index contributed by atoms with van der Waals surface area (Å²) in [7, 11) is 0. The molecule has 1 saturated heterocycles. The summed E-state index contributed by atoms with van der Waals surface area (Å²) in [6, 6.07) is 2.84. The number of nitrogens with zero attached hydrogens (tertiary/aromatic N) is 1. The lowest BCUT2D eigenvalue weighted by molar-refractivity contribution is 0.132. The molecule has 2 nitrogen and oxygen atoms in total. The highest BCUT2D eigenvalue weighted by atomic mass is 32.1. The average molecular weight is 264 g/mol. The second-order valence-electron chi connectivity index (χ2n) is 5.85. The van der Waals surface area contributed by atoms with E-state index >= 15 is 0 Å². The van der Waals surface area contributed by atoms with Crippen LogP contribution in [0.4, 0.5) is 0 Å². The fourth-order valence-electron chi connectivity index (χ4n) is 2.87. The summed E-state index contributed by atoms with van der Waals surface area (Å²) in [5.41, 5.74) is 2.60. The van der Waals surface area contributed by atoms with Crippen molar-refractivity contribution in [3.8, 4) is 0 Å². The number of hydrogen-bond donors (Lipinski definition) is 1. The van der Waals surface area contributed by atoms with Gasteiger partial charge in [-0.25, -0.2) is 0 Å². The smallest absolute Gasteiger partial charge is 0.106 e. The molecular weight excluding hydrogens is 240 g/mol. The van der Waals surface area contributed by atoms with Gasteiger partial charge in [0.05, 0.1) is 0 Å². The zero-order chi connectivity index (χ0) is 13.1. The molecule has 1 aliphatic rings. The fourth-order valence-corrected chi connectivity index (χ4v) is 2.99. The molecule has 1 aliphatic heterocycles. The molecule has 2 heterocycles. The van der Waals surface area contributed by atoms with Crippen molar-refractivity contribution in [2.24, 2.45) is 5.92 Å². The summed E-state index contributed by atoms with van der Waals surface area (Å²) >= 11 is 5.24. The van der Waals surface area contributed by atoms with Crippen LogP contribution in [-0.4, -0.2) is 23.0 Å². The summed E-state index contributed by atoms with van der Waals surface area (Å²) < 4.78 is 0.866. The molecule has 1 N–H and O–H groups in total. The molecule has 0 amide bonds. The van der Waals surface area contributed by atoms with Gasteiger partial charge in [0.25, 0.3) is 0 Å². The van der Waals surface area contributed by atoms with E-state index in [-0.39, 0.29) is 0 Å². The molecular formula is C15H24N2S. The van der Waals surface area contributed by atoms with Crippen molar-refractivity contribution in [3.63, 3.8) is 0 Å². The third kappa shape index (κ3) is 3.21. The highest BCUT2D eigenvalue weighted by Crippen LogP contribution is 2.31. The maximum Gasteiger partial charge on any atom is 0.106 e. The van der Waals surface area contributed by atoms with Gasteiger partial charge >= 0.3 is 0 Å². The highest BCUT2D eigenvalue weighted by Gasteiger charge is 2.24. The van der Waals surface area contributed by atoms with Gasteiger partial charge in [-0.05, 0) is 43.4 Å². The SMILES string of the molecule is Cc1cc(C2CCCCN2CC(C)C)c[nH]c1=S. The molecule has 1 aromatic heterocycles. The van der Waals surface area contributed by atoms with Gasteiger partial charge in [0.2, 0.25) is 0 Å². The Morgan fingerprint density at radius 2 is 2.22 bits per heavy atom. The van der Waals surface area contributed by atoms with Crippen LogP contribution in [0.1, 0.15) is 50.3 Å². The Morgan fingerprint density at radius 3 is 2.89 bits per heavy atom. The van der Waals surface area contributed by atoms with E-state index in [1.165, 1.54) is 43.5 Å². The summed E-state index contributed by atoms with van der Waals surface area (Å²) in [6.07, 6.45) is 6.06. The predicted molar refractivity (Wildman–Crippen MR) is 79.4 cm³/mol. The number of aromatic amines is 1. The Bertz CT molecular complexity index is 450. The zero-order valence-corrected chi connectivity index (χ0v) is 12.5. The molecule has 0 spiro atoms. The standard InChI is InChI=1S/C15H24N2S/c1-11(2)10-17-7-5-4-6-14(17)13-8-12(3)15(18)16-9-13/h8-9,11,14H,4-7,10H2,1-3H3,(H,16,18). The maximum atomic E-state index is 5.24. The van der Waals surface area contributed by atoms with Gasteiger partial charge in [-0.1, -0.05) is 38.6 Å². The number of hydrogen-bond acceptors (Lipinski definition) is 2. The van der Waals surface area contributed by atoms with Crippen LogP contribution in [0.5, 0.6) is 0 Å². The number of aryl methyl sites for hydroxylation is 1. The van der Waals surface area contributed by atoms with Crippen LogP contribution in [0.15, 0.2) is 12.3 Å². The number of piperidine rings is 1. The first-order chi connectivity index (χ1) is 8.58. The Balaban J connectivity index is 2.22. The monoisotopic (exact) mass is 264 g/mol. The van der Waals surface area contributed by atoms with Crippen molar-refractivity contribution in [2.45, 2.75) is 46.1 Å². The molecule has 0 saturated carbocycles. The number of aromatic nitrogens is 1. The summed E-state index contributed by atoms with van der Waals surface area (Å²) in [5.74, 6) is 0.730. The average Bonchev–Trinajstić information content (AvgIpc) is 2.33. The topological polar surface area (TPSA) is 19.0 Å². The number of pyridine rings is 1. The van der Waals surface area contributed by atoms with Crippen molar-refractivity contribution in [1.29, 1.82) is 0 Å². The minimum Gasteiger partial charge on any atom is -0.352 e. The number of rotatable bonds is 3. The van der Waals surface area contributed by atoms with Gasteiger partial charge in [-0.15, -0.1) is 0 Å². The molecule has 1 fully saturated rings. The van der Waals surface area contributed by atoms with E-state index < -0.39 is 0 Å². The molecule has 2 rings (SSSR count). The Kier molecular flexibility index (Phi) is 4.57. The maximum absolute atomic E-state index is 5.24. The number of likely N-dealkylation sites (tertiary alicyclic amines) is 1. The first-order valence-corrected chi connectivity index (χ1v) is 7.42. The van der Waals surface area contributed by atoms with Gasteiger partial charge in [0.15, 0.2) is 0 Å². The zero-order valence-electron chi connectivity index (χ0n) is 11.7. The summed E-state index contributed by atoms with van der Waals surface area (Å²) in [6.45, 7) is 9.12. The molecule has 18 heavy (non-hydrogen) atoms. The van der Waals surface area contributed by atoms with E-state index in [9.17, 15) is 0 Å². The van der Waals surface area contributed by atoms with Crippen LogP contribution in [0, 0.1) is 17.5 Å². The Hall–Kier alpha value is -0.670. The normalized spacial score (nSPS) is 21.4. The van der Waals surface area contributed by atoms with Gasteiger partial charge in [-0.2, -0.15) is 0 Å². The Morgan fingerprint density at radius 1 is 1.44 bits per heavy atom. The lowest BCUT2D eigenvalue weighted by Gasteiger charge is -2.37. The first-order valence-electron chi connectivity index (χ1n) is 7.01. The predicted octanol–water partition coefficient (Wildman–Crippen LogP) is 4.24. The quantitative estimate of drug-likeness (QED) is 0.824. The fraction of sp³-hybridized carbons (Fsp3) is 0.667. The second-order valence-corrected chi connectivity index (χ2v) is 6.25. The van der Waals surface area contributed by atoms with Gasteiger partial charge in [0.1, 0.15) is 4.64 Å². The summed E-state index contributed by atoms with van der Waals surface area (Å²) in [5, 5.41) is 0. The molecule has 0 radical (unpaired) electrons. The van der Waals surface area contributed by atoms with Crippen LogP contribution in [0.2, 0.25) is 0 Å². The molecule has 100 valence electrons. The van der Waals surface area contributed by atoms with Crippen LogP contribution in [-0.2, 0) is 0 Å². The van der Waals surface area contributed by atoms with Crippen molar-refractivity contribution in [2.75, 3.05) is 13.1 Å². The third-order valence-corrected chi connectivity index (χ3v) is 4.15. The van der Waals surface area contributed by atoms with E-state index in [1.807, 2.05) is 0 Å². The molecule has 1 aromatic rings. The van der Waals surface area contributed by atoms with Crippen LogP contribution >= 0.6 is 12.2 Å². The van der Waals surface area contributed by atoms with Crippen LogP contribution < -0.4 is 0 Å². The molecule has 0 bridgehead atoms. The van der Waals surface area contributed by atoms with Gasteiger partial charge in [0, 0.05) is 18.8 Å². The van der Waals surface area contributed by atoms with E-state index in [4.69, 9.17) is 12.2 Å². The molecule has 0 aliphatic carbocycles. The third-order valence-electron chi connectivity index (χ3n) is 3.71. The number of H-pyrrole nitrogens is 1. The molecule has 0 aromatic carbocycles. The van der Waals surface area contributed by atoms with Crippen molar-refractivity contribution < 1.29 is 0 Å². The minimum atomic E-state index is 0.576. The second kappa shape index (κ2) is 5.98. The molecule has 1 atom stereocenters. The van der Waals surface area contributed by atoms with Crippen LogP contribution in [0.25, 0.3) is 0 Å². The lowest BCUT2D eigenvalue weighted by atomic mass is 9.95. The number of nitrogens with one attached hydrogen (secondary N) is 1. The van der Waals surface area contributed by atoms with E-state index in [2.05, 4.69) is 42.9 Å². The van der Waals surface area contributed by atoms with E-state index in [0.29, 0.717) is 6.04 Å². The van der Waals surface area contributed by atoms with E-state index in [1.54, 1.807) is 0 Å². The van der Waals surface area contributed by atoms with E-state index in [0.717, 1.165) is 10.6 Å². The van der Waals surface area contributed by atoms with Crippen molar-refractivity contribution >= 4 is 12.2 Å². The first kappa shape index (κ1) is 13.8. The van der Waals surface area contributed by atoms with Crippen molar-refractivity contribution in [3.05, 3.63) is 28.0 Å². The minimum absolute atomic E-state index is 0.576. The van der Waals surface area contributed by atoms with Crippen molar-refractivity contribution in [1.82, 2.24) is 9.88 Å². The molecule has 1 unspecified atom stereocenters. The molecule has 3 heteroatoms. The van der Waals surface area contributed by atoms with Gasteiger partial charge < -0.3 is 4.98 Å². The Labute approximate surface area is 115 Å². The van der Waals surface area contributed by atoms with Gasteiger partial charge in [-0.3, -0.25) is 4.90 Å². The van der Waals surface area contributed by atoms with Crippen LogP contribution in [0.3, 0.4) is 0 Å².